The molecule has 0 atom stereocenters. The fourth-order valence-corrected chi connectivity index (χ4v) is 2.14. The Morgan fingerprint density at radius 3 is 2.35 bits per heavy atom. The summed E-state index contributed by atoms with van der Waals surface area (Å²) >= 11 is 4.89. The molecule has 2 amide bonds. The molecule has 0 unspecified atom stereocenters. The van der Waals surface area contributed by atoms with Crippen molar-refractivity contribution in [3.05, 3.63) is 65.7 Å². The van der Waals surface area contributed by atoms with Crippen LogP contribution in [0.2, 0.25) is 0 Å². The van der Waals surface area contributed by atoms with Crippen molar-refractivity contribution >= 4 is 29.3 Å². The highest BCUT2D eigenvalue weighted by Crippen LogP contribution is 2.13. The molecule has 136 valence electrons. The summed E-state index contributed by atoms with van der Waals surface area (Å²) in [5.74, 6) is 0.260. The van der Waals surface area contributed by atoms with Gasteiger partial charge in [-0.1, -0.05) is 30.3 Å². The van der Waals surface area contributed by atoms with E-state index in [0.29, 0.717) is 17.9 Å². The lowest BCUT2D eigenvalue weighted by atomic mass is 10.2. The number of ether oxygens (including phenoxy) is 2. The molecule has 0 radical (unpaired) electrons. The molecule has 8 heteroatoms. The molecule has 2 aromatic rings. The van der Waals surface area contributed by atoms with Crippen LogP contribution >= 0.6 is 12.2 Å². The molecule has 0 saturated heterocycles. The number of carbonyl (C=O) groups is 2. The summed E-state index contributed by atoms with van der Waals surface area (Å²) in [5.41, 5.74) is 6.09. The van der Waals surface area contributed by atoms with Gasteiger partial charge in [-0.15, -0.1) is 0 Å². The van der Waals surface area contributed by atoms with Crippen LogP contribution in [0.3, 0.4) is 0 Å². The fourth-order valence-electron chi connectivity index (χ4n) is 2.00. The van der Waals surface area contributed by atoms with Crippen LogP contribution < -0.4 is 20.9 Å². The highest BCUT2D eigenvalue weighted by molar-refractivity contribution is 7.80. The Hall–Kier alpha value is -3.13. The molecular formula is C18H19N3O4S. The zero-order chi connectivity index (χ0) is 18.8. The van der Waals surface area contributed by atoms with Crippen LogP contribution in [0, 0.1) is 0 Å². The number of benzene rings is 2. The Kier molecular flexibility index (Phi) is 7.38. The minimum atomic E-state index is -0.724. The van der Waals surface area contributed by atoms with Crippen LogP contribution in [-0.2, 0) is 11.2 Å². The van der Waals surface area contributed by atoms with Crippen molar-refractivity contribution in [2.24, 2.45) is 0 Å². The van der Waals surface area contributed by atoms with Gasteiger partial charge in [-0.2, -0.15) is 0 Å². The number of methoxy groups -OCH3 is 1. The molecule has 0 aromatic heterocycles. The van der Waals surface area contributed by atoms with Gasteiger partial charge in [0.2, 0.25) is 0 Å². The third-order valence-electron chi connectivity index (χ3n) is 3.31. The zero-order valence-corrected chi connectivity index (χ0v) is 15.0. The minimum Gasteiger partial charge on any atom is -0.493 e. The Morgan fingerprint density at radius 1 is 1.00 bits per heavy atom. The van der Waals surface area contributed by atoms with Crippen LogP contribution in [0.1, 0.15) is 15.9 Å². The topological polar surface area (TPSA) is 88.7 Å². The molecular weight excluding hydrogens is 354 g/mol. The van der Waals surface area contributed by atoms with Crippen molar-refractivity contribution in [2.45, 2.75) is 6.42 Å². The Balaban J connectivity index is 1.77. The first kappa shape index (κ1) is 19.2. The van der Waals surface area contributed by atoms with Crippen LogP contribution in [0.25, 0.3) is 0 Å². The Morgan fingerprint density at radius 2 is 1.69 bits per heavy atom. The van der Waals surface area contributed by atoms with Crippen molar-refractivity contribution in [1.29, 1.82) is 0 Å². The largest absolute Gasteiger partial charge is 0.493 e. The number of hydrogen-bond acceptors (Lipinski definition) is 5. The van der Waals surface area contributed by atoms with E-state index in [1.54, 1.807) is 24.3 Å². The van der Waals surface area contributed by atoms with Crippen LogP contribution in [0.5, 0.6) is 5.75 Å². The van der Waals surface area contributed by atoms with Crippen molar-refractivity contribution in [3.63, 3.8) is 0 Å². The van der Waals surface area contributed by atoms with E-state index in [2.05, 4.69) is 20.9 Å². The molecule has 0 aliphatic heterocycles. The molecule has 0 aliphatic carbocycles. The lowest BCUT2D eigenvalue weighted by Crippen LogP contribution is -2.48. The molecule has 0 heterocycles. The van der Waals surface area contributed by atoms with Crippen LogP contribution in [0.4, 0.5) is 4.79 Å². The number of hydrazine groups is 1. The second kappa shape index (κ2) is 10.00. The molecule has 2 aromatic carbocycles. The average Bonchev–Trinajstić information content (AvgIpc) is 2.67. The van der Waals surface area contributed by atoms with E-state index in [0.717, 1.165) is 6.42 Å². The number of amides is 2. The van der Waals surface area contributed by atoms with E-state index in [-0.39, 0.29) is 5.11 Å². The second-order valence-electron chi connectivity index (χ2n) is 5.13. The van der Waals surface area contributed by atoms with E-state index in [1.165, 1.54) is 12.7 Å². The van der Waals surface area contributed by atoms with E-state index < -0.39 is 12.0 Å². The van der Waals surface area contributed by atoms with Crippen molar-refractivity contribution in [2.75, 3.05) is 13.7 Å². The monoisotopic (exact) mass is 373 g/mol. The molecule has 3 N–H and O–H groups in total. The number of thiocarbonyl (C=S) groups is 1. The molecule has 2 rings (SSSR count). The van der Waals surface area contributed by atoms with Gasteiger partial charge in [0.05, 0.1) is 13.7 Å². The average molecular weight is 373 g/mol. The summed E-state index contributed by atoms with van der Waals surface area (Å²) in [6, 6.07) is 16.7. The number of nitrogens with one attached hydrogen (secondary N) is 3. The van der Waals surface area contributed by atoms with Gasteiger partial charge < -0.3 is 9.47 Å². The van der Waals surface area contributed by atoms with Gasteiger partial charge in [0.15, 0.2) is 5.11 Å². The predicted molar refractivity (Wildman–Crippen MR) is 101 cm³/mol. The first-order chi connectivity index (χ1) is 12.6. The van der Waals surface area contributed by atoms with Gasteiger partial charge in [-0.05, 0) is 42.0 Å². The molecule has 0 fully saturated rings. The standard InChI is InChI=1S/C18H19N3O4S/c1-24-18(23)21-20-17(26)19-16(22)14-7-9-15(10-8-14)25-12-11-13-5-3-2-4-6-13/h2-10H,11-12H2,1H3,(H,21,23)(H2,19,20,22,26). The normalized spacial score (nSPS) is 9.73. The summed E-state index contributed by atoms with van der Waals surface area (Å²) in [6.45, 7) is 0.544. The van der Waals surface area contributed by atoms with Gasteiger partial charge in [0.1, 0.15) is 5.75 Å². The van der Waals surface area contributed by atoms with Crippen molar-refractivity contribution in [1.82, 2.24) is 16.2 Å². The fraction of sp³-hybridized carbons (Fsp3) is 0.167. The smallest absolute Gasteiger partial charge is 0.425 e. The predicted octanol–water partition coefficient (Wildman–Crippen LogP) is 2.18. The third kappa shape index (κ3) is 6.40. The van der Waals surface area contributed by atoms with Crippen LogP contribution in [0.15, 0.2) is 54.6 Å². The first-order valence-corrected chi connectivity index (χ1v) is 8.21. The summed E-state index contributed by atoms with van der Waals surface area (Å²) in [6.07, 6.45) is 0.0783. The quantitative estimate of drug-likeness (QED) is 0.550. The summed E-state index contributed by atoms with van der Waals surface area (Å²) in [7, 11) is 1.21. The molecule has 0 spiro atoms. The molecule has 0 saturated carbocycles. The van der Waals surface area contributed by atoms with E-state index >= 15 is 0 Å². The summed E-state index contributed by atoms with van der Waals surface area (Å²) in [4.78, 5) is 23.0. The van der Waals surface area contributed by atoms with Crippen molar-refractivity contribution < 1.29 is 19.1 Å². The number of carbonyl (C=O) groups excluding carboxylic acids is 2. The molecule has 0 aliphatic rings. The SMILES string of the molecule is COC(=O)NNC(=S)NC(=O)c1ccc(OCCc2ccccc2)cc1. The molecule has 7 nitrogen and oxygen atoms in total. The highest BCUT2D eigenvalue weighted by atomic mass is 32.1. The van der Waals surface area contributed by atoms with Crippen molar-refractivity contribution in [3.8, 4) is 5.75 Å². The summed E-state index contributed by atoms with van der Waals surface area (Å²) < 4.78 is 10.0. The highest BCUT2D eigenvalue weighted by Gasteiger charge is 2.08. The Bertz CT molecular complexity index is 751. The number of rotatable bonds is 5. The van der Waals surface area contributed by atoms with E-state index in [1.807, 2.05) is 30.3 Å². The van der Waals surface area contributed by atoms with E-state index in [9.17, 15) is 9.59 Å². The lowest BCUT2D eigenvalue weighted by molar-refractivity contribution is 0.0975. The first-order valence-electron chi connectivity index (χ1n) is 7.80. The van der Waals surface area contributed by atoms with Crippen LogP contribution in [-0.4, -0.2) is 30.8 Å². The lowest BCUT2D eigenvalue weighted by Gasteiger charge is -2.10. The third-order valence-corrected chi connectivity index (χ3v) is 3.51. The van der Waals surface area contributed by atoms with E-state index in [4.69, 9.17) is 17.0 Å². The zero-order valence-electron chi connectivity index (χ0n) is 14.2. The maximum atomic E-state index is 12.1. The molecule has 26 heavy (non-hydrogen) atoms. The number of hydrogen-bond donors (Lipinski definition) is 3. The maximum absolute atomic E-state index is 12.1. The Labute approximate surface area is 156 Å². The maximum Gasteiger partial charge on any atom is 0.425 e. The molecule has 0 bridgehead atoms. The minimum absolute atomic E-state index is 0.0522. The van der Waals surface area contributed by atoms with Gasteiger partial charge in [0, 0.05) is 12.0 Å². The summed E-state index contributed by atoms with van der Waals surface area (Å²) in [5, 5.41) is 2.38. The second-order valence-corrected chi connectivity index (χ2v) is 5.54. The van der Waals surface area contributed by atoms with Gasteiger partial charge in [-0.25, -0.2) is 10.2 Å². The van der Waals surface area contributed by atoms with Gasteiger partial charge in [0.25, 0.3) is 5.91 Å². The van der Waals surface area contributed by atoms with Gasteiger partial charge >= 0.3 is 6.09 Å². The van der Waals surface area contributed by atoms with Gasteiger partial charge in [-0.3, -0.25) is 15.5 Å².